The summed E-state index contributed by atoms with van der Waals surface area (Å²) in [5.41, 5.74) is 2.41. The van der Waals surface area contributed by atoms with Crippen molar-refractivity contribution in [1.29, 1.82) is 0 Å². The second-order valence-electron chi connectivity index (χ2n) is 3.26. The van der Waals surface area contributed by atoms with Gasteiger partial charge in [-0.05, 0) is 36.6 Å². The topological polar surface area (TPSA) is 55.8 Å². The lowest BCUT2D eigenvalue weighted by molar-refractivity contribution is 0.121. The summed E-state index contributed by atoms with van der Waals surface area (Å²) in [6, 6.07) is 3.57. The van der Waals surface area contributed by atoms with E-state index in [0.29, 0.717) is 5.75 Å². The molecule has 15 heavy (non-hydrogen) atoms. The van der Waals surface area contributed by atoms with Crippen molar-refractivity contribution in [2.24, 2.45) is 0 Å². The van der Waals surface area contributed by atoms with E-state index in [0.717, 1.165) is 16.7 Å². The van der Waals surface area contributed by atoms with Crippen LogP contribution < -0.4 is 4.74 Å². The van der Waals surface area contributed by atoms with Gasteiger partial charge in [0.1, 0.15) is 5.75 Å². The Morgan fingerprint density at radius 3 is 2.60 bits per heavy atom. The fourth-order valence-corrected chi connectivity index (χ4v) is 1.30. The molecule has 0 aromatic heterocycles. The van der Waals surface area contributed by atoms with E-state index >= 15 is 0 Å². The maximum Gasteiger partial charge on any atom is 0.513 e. The Labute approximate surface area is 88.4 Å². The number of hydrogen-bond acceptors (Lipinski definition) is 4. The van der Waals surface area contributed by atoms with E-state index in [1.54, 1.807) is 13.0 Å². The van der Waals surface area contributed by atoms with E-state index in [4.69, 9.17) is 9.84 Å². The van der Waals surface area contributed by atoms with Gasteiger partial charge in [-0.25, -0.2) is 4.79 Å². The molecule has 0 aliphatic heterocycles. The fraction of sp³-hybridized carbons (Fsp3) is 0.364. The van der Waals surface area contributed by atoms with E-state index in [2.05, 4.69) is 4.74 Å². The molecule has 0 aliphatic carbocycles. The molecule has 4 nitrogen and oxygen atoms in total. The Kier molecular flexibility index (Phi) is 3.68. The first-order chi connectivity index (χ1) is 7.08. The Morgan fingerprint density at radius 2 is 2.07 bits per heavy atom. The number of benzene rings is 1. The highest BCUT2D eigenvalue weighted by molar-refractivity contribution is 5.64. The summed E-state index contributed by atoms with van der Waals surface area (Å²) in [6.07, 6.45) is -0.757. The normalized spacial score (nSPS) is 9.87. The van der Waals surface area contributed by atoms with Crippen LogP contribution in [0.5, 0.6) is 5.75 Å². The van der Waals surface area contributed by atoms with Gasteiger partial charge in [0.25, 0.3) is 0 Å². The van der Waals surface area contributed by atoms with E-state index in [1.807, 2.05) is 13.0 Å². The summed E-state index contributed by atoms with van der Waals surface area (Å²) in [4.78, 5) is 10.9. The fourth-order valence-electron chi connectivity index (χ4n) is 1.30. The molecule has 82 valence electrons. The smallest absolute Gasteiger partial charge is 0.437 e. The number of ether oxygens (including phenoxy) is 2. The predicted octanol–water partition coefficient (Wildman–Crippen LogP) is 1.94. The van der Waals surface area contributed by atoms with Crippen LogP contribution >= 0.6 is 0 Å². The van der Waals surface area contributed by atoms with Crippen molar-refractivity contribution in [3.63, 3.8) is 0 Å². The van der Waals surface area contributed by atoms with Crippen molar-refractivity contribution in [2.45, 2.75) is 20.5 Å². The second-order valence-corrected chi connectivity index (χ2v) is 3.26. The zero-order valence-corrected chi connectivity index (χ0v) is 9.03. The van der Waals surface area contributed by atoms with Crippen molar-refractivity contribution >= 4 is 6.16 Å². The van der Waals surface area contributed by atoms with Gasteiger partial charge in [-0.2, -0.15) is 0 Å². The van der Waals surface area contributed by atoms with Gasteiger partial charge < -0.3 is 14.6 Å². The molecule has 1 N–H and O–H groups in total. The summed E-state index contributed by atoms with van der Waals surface area (Å²) >= 11 is 0. The Balaban J connectivity index is 3.06. The molecule has 0 bridgehead atoms. The van der Waals surface area contributed by atoms with Crippen LogP contribution in [0.4, 0.5) is 4.79 Å². The zero-order chi connectivity index (χ0) is 11.4. The van der Waals surface area contributed by atoms with Crippen LogP contribution in [0.1, 0.15) is 16.7 Å². The Bertz CT molecular complexity index is 371. The van der Waals surface area contributed by atoms with Crippen molar-refractivity contribution in [2.75, 3.05) is 7.11 Å². The van der Waals surface area contributed by atoms with E-state index in [-0.39, 0.29) is 6.61 Å². The molecule has 0 radical (unpaired) electrons. The maximum absolute atomic E-state index is 10.9. The Hall–Kier alpha value is -1.55. The number of carbonyl (C=O) groups excluding carboxylic acids is 1. The molecule has 0 fully saturated rings. The zero-order valence-electron chi connectivity index (χ0n) is 9.03. The first-order valence-corrected chi connectivity index (χ1v) is 4.55. The summed E-state index contributed by atoms with van der Waals surface area (Å²) in [7, 11) is 1.25. The summed E-state index contributed by atoms with van der Waals surface area (Å²) in [6.45, 7) is 3.57. The molecule has 1 rings (SSSR count). The van der Waals surface area contributed by atoms with Gasteiger partial charge in [0, 0.05) is 0 Å². The third kappa shape index (κ3) is 2.70. The molecule has 1 aromatic rings. The Morgan fingerprint density at radius 1 is 1.40 bits per heavy atom. The van der Waals surface area contributed by atoms with Crippen molar-refractivity contribution in [1.82, 2.24) is 0 Å². The van der Waals surface area contributed by atoms with Crippen LogP contribution in [0.15, 0.2) is 12.1 Å². The van der Waals surface area contributed by atoms with Crippen molar-refractivity contribution < 1.29 is 19.4 Å². The predicted molar refractivity (Wildman–Crippen MR) is 54.9 cm³/mol. The van der Waals surface area contributed by atoms with E-state index < -0.39 is 6.16 Å². The van der Waals surface area contributed by atoms with Gasteiger partial charge in [-0.3, -0.25) is 0 Å². The minimum Gasteiger partial charge on any atom is -0.437 e. The third-order valence-electron chi connectivity index (χ3n) is 2.14. The van der Waals surface area contributed by atoms with Gasteiger partial charge in [-0.15, -0.1) is 0 Å². The minimum absolute atomic E-state index is 0.0783. The quantitative estimate of drug-likeness (QED) is 0.598. The van der Waals surface area contributed by atoms with Gasteiger partial charge in [-0.1, -0.05) is 6.07 Å². The molecule has 0 amide bonds. The summed E-state index contributed by atoms with van der Waals surface area (Å²) < 4.78 is 9.34. The van der Waals surface area contributed by atoms with E-state index in [1.165, 1.54) is 7.11 Å². The third-order valence-corrected chi connectivity index (χ3v) is 2.14. The van der Waals surface area contributed by atoms with Crippen LogP contribution in [0.2, 0.25) is 0 Å². The monoisotopic (exact) mass is 210 g/mol. The van der Waals surface area contributed by atoms with Crippen LogP contribution in [0.25, 0.3) is 0 Å². The van der Waals surface area contributed by atoms with Gasteiger partial charge in [0.2, 0.25) is 0 Å². The number of carbonyl (C=O) groups is 1. The lowest BCUT2D eigenvalue weighted by Crippen LogP contribution is -2.09. The van der Waals surface area contributed by atoms with Crippen LogP contribution in [-0.4, -0.2) is 18.4 Å². The molecule has 0 atom stereocenters. The molecule has 0 aliphatic rings. The molecule has 0 saturated carbocycles. The number of hydrogen-bond donors (Lipinski definition) is 1. The number of aryl methyl sites for hydroxylation is 1. The number of aliphatic hydroxyl groups excluding tert-OH is 1. The summed E-state index contributed by atoms with van der Waals surface area (Å²) in [5.74, 6) is 0.422. The maximum atomic E-state index is 10.9. The molecule has 0 saturated heterocycles. The van der Waals surface area contributed by atoms with Gasteiger partial charge >= 0.3 is 6.16 Å². The first-order valence-electron chi connectivity index (χ1n) is 4.55. The number of methoxy groups -OCH3 is 1. The molecule has 0 heterocycles. The largest absolute Gasteiger partial charge is 0.513 e. The number of aliphatic hydroxyl groups is 1. The SMILES string of the molecule is COC(=O)Oc1cc(C)cc(CO)c1C. The summed E-state index contributed by atoms with van der Waals surface area (Å²) in [5, 5.41) is 9.09. The van der Waals surface area contributed by atoms with Crippen molar-refractivity contribution in [3.05, 3.63) is 28.8 Å². The second kappa shape index (κ2) is 4.79. The highest BCUT2D eigenvalue weighted by Gasteiger charge is 2.10. The average Bonchev–Trinajstić information content (AvgIpc) is 2.22. The number of rotatable bonds is 2. The van der Waals surface area contributed by atoms with E-state index in [9.17, 15) is 4.79 Å². The van der Waals surface area contributed by atoms with Gasteiger partial charge in [0.05, 0.1) is 13.7 Å². The van der Waals surface area contributed by atoms with Gasteiger partial charge in [0.15, 0.2) is 0 Å². The lowest BCUT2D eigenvalue weighted by atomic mass is 10.1. The standard InChI is InChI=1S/C11H14O4/c1-7-4-9(6-12)8(2)10(5-7)15-11(13)14-3/h4-5,12H,6H2,1-3H3. The average molecular weight is 210 g/mol. The van der Waals surface area contributed by atoms with Crippen LogP contribution in [0.3, 0.4) is 0 Å². The van der Waals surface area contributed by atoms with Crippen LogP contribution in [-0.2, 0) is 11.3 Å². The molecule has 1 aromatic carbocycles. The van der Waals surface area contributed by atoms with Crippen LogP contribution in [0, 0.1) is 13.8 Å². The molecular weight excluding hydrogens is 196 g/mol. The highest BCUT2D eigenvalue weighted by atomic mass is 16.7. The molecule has 0 unspecified atom stereocenters. The molecule has 0 spiro atoms. The molecular formula is C11H14O4. The minimum atomic E-state index is -0.757. The molecule has 4 heteroatoms. The van der Waals surface area contributed by atoms with Crippen molar-refractivity contribution in [3.8, 4) is 5.75 Å². The highest BCUT2D eigenvalue weighted by Crippen LogP contribution is 2.24. The lowest BCUT2D eigenvalue weighted by Gasteiger charge is -2.10. The first kappa shape index (κ1) is 11.5.